The Bertz CT molecular complexity index is 175. The van der Waals surface area contributed by atoms with Crippen molar-refractivity contribution in [3.63, 3.8) is 0 Å². The van der Waals surface area contributed by atoms with Crippen LogP contribution in [-0.4, -0.2) is 37.0 Å². The zero-order valence-electron chi connectivity index (χ0n) is 11.4. The Kier molecular flexibility index (Phi) is 9.30. The lowest BCUT2D eigenvalue weighted by Gasteiger charge is -2.30. The van der Waals surface area contributed by atoms with Gasteiger partial charge in [-0.25, -0.2) is 0 Å². The first-order valence-electron chi connectivity index (χ1n) is 6.71. The first kappa shape index (κ1) is 15.4. The topological polar surface area (TPSA) is 32.3 Å². The minimum Gasteiger partial charge on any atom is -0.355 e. The molecule has 0 spiro atoms. The predicted molar refractivity (Wildman–Crippen MR) is 69.5 cm³/mol. The van der Waals surface area contributed by atoms with Gasteiger partial charge in [0.05, 0.1) is 0 Å². The Morgan fingerprint density at radius 2 is 1.88 bits per heavy atom. The SMILES string of the molecule is CC.CCC(=O)NCCN1CCC(C)CC1. The molecule has 0 aromatic heterocycles. The van der Waals surface area contributed by atoms with E-state index in [1.807, 2.05) is 20.8 Å². The molecule has 1 rings (SSSR count). The maximum absolute atomic E-state index is 11.0. The van der Waals surface area contributed by atoms with Crippen molar-refractivity contribution in [1.29, 1.82) is 0 Å². The molecule has 3 heteroatoms. The highest BCUT2D eigenvalue weighted by atomic mass is 16.1. The van der Waals surface area contributed by atoms with Gasteiger partial charge in [-0.05, 0) is 31.8 Å². The van der Waals surface area contributed by atoms with Crippen LogP contribution in [0.2, 0.25) is 0 Å². The fraction of sp³-hybridized carbons (Fsp3) is 0.923. The molecule has 1 aliphatic heterocycles. The van der Waals surface area contributed by atoms with Crippen LogP contribution >= 0.6 is 0 Å². The largest absolute Gasteiger partial charge is 0.355 e. The van der Waals surface area contributed by atoms with Gasteiger partial charge in [0, 0.05) is 19.5 Å². The number of hydrogen-bond donors (Lipinski definition) is 1. The van der Waals surface area contributed by atoms with Crippen molar-refractivity contribution < 1.29 is 4.79 Å². The van der Waals surface area contributed by atoms with Gasteiger partial charge in [0.1, 0.15) is 0 Å². The fourth-order valence-electron chi connectivity index (χ4n) is 1.76. The second kappa shape index (κ2) is 9.64. The summed E-state index contributed by atoms with van der Waals surface area (Å²) >= 11 is 0. The first-order chi connectivity index (χ1) is 7.72. The van der Waals surface area contributed by atoms with Gasteiger partial charge in [0.25, 0.3) is 0 Å². The number of hydrogen-bond acceptors (Lipinski definition) is 2. The lowest BCUT2D eigenvalue weighted by atomic mass is 9.99. The van der Waals surface area contributed by atoms with E-state index in [1.54, 1.807) is 0 Å². The quantitative estimate of drug-likeness (QED) is 0.800. The average Bonchev–Trinajstić information content (AvgIpc) is 2.34. The zero-order valence-corrected chi connectivity index (χ0v) is 11.4. The van der Waals surface area contributed by atoms with Crippen LogP contribution in [0.3, 0.4) is 0 Å². The highest BCUT2D eigenvalue weighted by molar-refractivity contribution is 5.75. The third kappa shape index (κ3) is 6.83. The van der Waals surface area contributed by atoms with Gasteiger partial charge in [0.15, 0.2) is 0 Å². The first-order valence-corrected chi connectivity index (χ1v) is 6.71. The summed E-state index contributed by atoms with van der Waals surface area (Å²) in [5.41, 5.74) is 0. The van der Waals surface area contributed by atoms with Crippen LogP contribution in [0.15, 0.2) is 0 Å². The maximum Gasteiger partial charge on any atom is 0.219 e. The molecule has 1 saturated heterocycles. The lowest BCUT2D eigenvalue weighted by Crippen LogP contribution is -2.39. The number of likely N-dealkylation sites (tertiary alicyclic amines) is 1. The Hall–Kier alpha value is -0.570. The molecule has 1 aliphatic rings. The number of nitrogens with zero attached hydrogens (tertiary/aromatic N) is 1. The summed E-state index contributed by atoms with van der Waals surface area (Å²) in [6.45, 7) is 12.4. The van der Waals surface area contributed by atoms with Gasteiger partial charge < -0.3 is 10.2 Å². The molecule has 16 heavy (non-hydrogen) atoms. The van der Waals surface area contributed by atoms with Crippen molar-refractivity contribution in [2.45, 2.75) is 47.0 Å². The second-order valence-corrected chi connectivity index (χ2v) is 4.23. The Labute approximate surface area is 101 Å². The van der Waals surface area contributed by atoms with Gasteiger partial charge >= 0.3 is 0 Å². The molecule has 1 fully saturated rings. The molecule has 0 saturated carbocycles. The summed E-state index contributed by atoms with van der Waals surface area (Å²) in [5, 5.41) is 2.91. The Morgan fingerprint density at radius 1 is 1.31 bits per heavy atom. The van der Waals surface area contributed by atoms with Crippen molar-refractivity contribution >= 4 is 5.91 Å². The second-order valence-electron chi connectivity index (χ2n) is 4.23. The van der Waals surface area contributed by atoms with E-state index >= 15 is 0 Å². The maximum atomic E-state index is 11.0. The van der Waals surface area contributed by atoms with Crippen molar-refractivity contribution in [1.82, 2.24) is 10.2 Å². The van der Waals surface area contributed by atoms with Crippen molar-refractivity contribution in [3.8, 4) is 0 Å². The highest BCUT2D eigenvalue weighted by Gasteiger charge is 2.14. The molecule has 0 atom stereocenters. The molecule has 0 aromatic carbocycles. The van der Waals surface area contributed by atoms with E-state index in [0.717, 1.165) is 19.0 Å². The Balaban J connectivity index is 0.00000106. The van der Waals surface area contributed by atoms with Crippen LogP contribution in [0, 0.1) is 5.92 Å². The molecule has 1 heterocycles. The number of carbonyl (C=O) groups excluding carboxylic acids is 1. The highest BCUT2D eigenvalue weighted by Crippen LogP contribution is 2.14. The van der Waals surface area contributed by atoms with Crippen LogP contribution in [0.4, 0.5) is 0 Å². The van der Waals surface area contributed by atoms with Crippen molar-refractivity contribution in [2.75, 3.05) is 26.2 Å². The standard InChI is InChI=1S/C11H22N2O.C2H6/c1-3-11(14)12-6-9-13-7-4-10(2)5-8-13;1-2/h10H,3-9H2,1-2H3,(H,12,14);1-2H3. The summed E-state index contributed by atoms with van der Waals surface area (Å²) in [4.78, 5) is 13.4. The molecule has 3 nitrogen and oxygen atoms in total. The van der Waals surface area contributed by atoms with E-state index in [1.165, 1.54) is 25.9 Å². The zero-order chi connectivity index (χ0) is 12.4. The summed E-state index contributed by atoms with van der Waals surface area (Å²) in [5.74, 6) is 1.05. The smallest absolute Gasteiger partial charge is 0.219 e. The van der Waals surface area contributed by atoms with E-state index in [2.05, 4.69) is 17.1 Å². The predicted octanol–water partition coefficient (Wildman–Crippen LogP) is 2.27. The summed E-state index contributed by atoms with van der Waals surface area (Å²) < 4.78 is 0. The minimum absolute atomic E-state index is 0.162. The molecular weight excluding hydrogens is 200 g/mol. The van der Waals surface area contributed by atoms with Crippen LogP contribution in [0.1, 0.15) is 47.0 Å². The monoisotopic (exact) mass is 228 g/mol. The van der Waals surface area contributed by atoms with Gasteiger partial charge in [-0.15, -0.1) is 0 Å². The molecule has 1 amide bonds. The van der Waals surface area contributed by atoms with Gasteiger partial charge in [-0.3, -0.25) is 4.79 Å². The van der Waals surface area contributed by atoms with Crippen molar-refractivity contribution in [3.05, 3.63) is 0 Å². The number of carbonyl (C=O) groups is 1. The molecule has 0 unspecified atom stereocenters. The minimum atomic E-state index is 0.162. The van der Waals surface area contributed by atoms with E-state index < -0.39 is 0 Å². The molecular formula is C13H28N2O. The molecule has 0 radical (unpaired) electrons. The molecule has 0 aliphatic carbocycles. The number of rotatable bonds is 4. The molecule has 1 N–H and O–H groups in total. The van der Waals surface area contributed by atoms with Crippen LogP contribution in [-0.2, 0) is 4.79 Å². The molecule has 0 aromatic rings. The fourth-order valence-corrected chi connectivity index (χ4v) is 1.76. The van der Waals surface area contributed by atoms with Gasteiger partial charge in [-0.1, -0.05) is 27.7 Å². The number of nitrogens with one attached hydrogen (secondary N) is 1. The summed E-state index contributed by atoms with van der Waals surface area (Å²) in [6, 6.07) is 0. The van der Waals surface area contributed by atoms with E-state index in [9.17, 15) is 4.79 Å². The molecule has 0 bridgehead atoms. The average molecular weight is 228 g/mol. The van der Waals surface area contributed by atoms with Crippen LogP contribution < -0.4 is 5.32 Å². The van der Waals surface area contributed by atoms with Crippen LogP contribution in [0.25, 0.3) is 0 Å². The van der Waals surface area contributed by atoms with E-state index in [4.69, 9.17) is 0 Å². The third-order valence-electron chi connectivity index (χ3n) is 2.95. The summed E-state index contributed by atoms with van der Waals surface area (Å²) in [7, 11) is 0. The third-order valence-corrected chi connectivity index (χ3v) is 2.95. The Morgan fingerprint density at radius 3 is 2.38 bits per heavy atom. The van der Waals surface area contributed by atoms with Gasteiger partial charge in [0.2, 0.25) is 5.91 Å². The summed E-state index contributed by atoms with van der Waals surface area (Å²) in [6.07, 6.45) is 3.21. The lowest BCUT2D eigenvalue weighted by molar-refractivity contribution is -0.120. The number of amides is 1. The van der Waals surface area contributed by atoms with Crippen molar-refractivity contribution in [2.24, 2.45) is 5.92 Å². The normalized spacial score (nSPS) is 17.5. The van der Waals surface area contributed by atoms with Gasteiger partial charge in [-0.2, -0.15) is 0 Å². The molecule has 96 valence electrons. The van der Waals surface area contributed by atoms with E-state index in [0.29, 0.717) is 6.42 Å². The number of piperidine rings is 1. The van der Waals surface area contributed by atoms with Crippen LogP contribution in [0.5, 0.6) is 0 Å². The van der Waals surface area contributed by atoms with E-state index in [-0.39, 0.29) is 5.91 Å².